The first-order valence-corrected chi connectivity index (χ1v) is 13.5. The van der Waals surface area contributed by atoms with Gasteiger partial charge in [0.15, 0.2) is 30.6 Å². The third kappa shape index (κ3) is 8.80. The number of ether oxygens (including phenoxy) is 9. The summed E-state index contributed by atoms with van der Waals surface area (Å²) in [6, 6.07) is -1.18. The normalized spacial score (nSPS) is 34.8. The van der Waals surface area contributed by atoms with Gasteiger partial charge in [0.1, 0.15) is 43.2 Å². The molecular formula is C26H41NO14. The maximum Gasteiger partial charge on any atom is 0.303 e. The van der Waals surface area contributed by atoms with Crippen molar-refractivity contribution in [3.8, 4) is 0 Å². The second-order valence-electron chi connectivity index (χ2n) is 10.5. The Morgan fingerprint density at radius 3 is 2.15 bits per heavy atom. The maximum absolute atomic E-state index is 12.1. The Labute approximate surface area is 238 Å². The highest BCUT2D eigenvalue weighted by Gasteiger charge is 2.57. The minimum Gasteiger partial charge on any atom is -0.463 e. The molecule has 10 atom stereocenters. The van der Waals surface area contributed by atoms with Gasteiger partial charge in [0, 0.05) is 34.3 Å². The van der Waals surface area contributed by atoms with Crippen LogP contribution in [0.2, 0.25) is 0 Å². The van der Waals surface area contributed by atoms with E-state index in [0.717, 1.165) is 20.3 Å². The molecule has 234 valence electrons. The summed E-state index contributed by atoms with van der Waals surface area (Å²) in [5.41, 5.74) is 0. The van der Waals surface area contributed by atoms with Gasteiger partial charge in [0.25, 0.3) is 0 Å². The second-order valence-corrected chi connectivity index (χ2v) is 10.5. The fourth-order valence-electron chi connectivity index (χ4n) is 4.98. The zero-order valence-corrected chi connectivity index (χ0v) is 24.4. The smallest absolute Gasteiger partial charge is 0.303 e. The number of carbonyl (C=O) groups excluding carboxylic acids is 4. The lowest BCUT2D eigenvalue weighted by Crippen LogP contribution is -2.66. The van der Waals surface area contributed by atoms with Gasteiger partial charge < -0.3 is 53.1 Å². The van der Waals surface area contributed by atoms with Crippen molar-refractivity contribution >= 4 is 23.8 Å². The molecule has 0 spiro atoms. The van der Waals surface area contributed by atoms with Gasteiger partial charge in [-0.25, -0.2) is 0 Å². The molecule has 0 aromatic carbocycles. The van der Waals surface area contributed by atoms with Crippen molar-refractivity contribution in [1.29, 1.82) is 0 Å². The van der Waals surface area contributed by atoms with Gasteiger partial charge in [-0.2, -0.15) is 0 Å². The van der Waals surface area contributed by atoms with E-state index < -0.39 is 91.0 Å². The molecule has 1 amide bonds. The Morgan fingerprint density at radius 1 is 0.902 bits per heavy atom. The number of carbonyl (C=O) groups is 4. The van der Waals surface area contributed by atoms with Crippen molar-refractivity contribution in [2.24, 2.45) is 0 Å². The van der Waals surface area contributed by atoms with Crippen LogP contribution in [0, 0.1) is 0 Å². The monoisotopic (exact) mass is 591 g/mol. The van der Waals surface area contributed by atoms with Crippen LogP contribution in [0.25, 0.3) is 0 Å². The zero-order valence-electron chi connectivity index (χ0n) is 24.4. The molecule has 0 aliphatic carbocycles. The zero-order chi connectivity index (χ0) is 30.5. The van der Waals surface area contributed by atoms with Gasteiger partial charge in [0.05, 0.1) is 6.61 Å². The summed E-state index contributed by atoms with van der Waals surface area (Å²) in [6.45, 7) is 9.75. The predicted molar refractivity (Wildman–Crippen MR) is 135 cm³/mol. The van der Waals surface area contributed by atoms with Gasteiger partial charge in [-0.1, -0.05) is 6.92 Å². The molecule has 3 saturated heterocycles. The van der Waals surface area contributed by atoms with E-state index in [1.807, 2.05) is 6.92 Å². The third-order valence-electron chi connectivity index (χ3n) is 6.42. The van der Waals surface area contributed by atoms with Gasteiger partial charge >= 0.3 is 17.9 Å². The van der Waals surface area contributed by atoms with E-state index in [1.165, 1.54) is 13.8 Å². The molecule has 3 aliphatic rings. The summed E-state index contributed by atoms with van der Waals surface area (Å²) < 4.78 is 51.4. The van der Waals surface area contributed by atoms with Gasteiger partial charge in [-0.3, -0.25) is 19.2 Å². The molecule has 2 N–H and O–H groups in total. The fourth-order valence-corrected chi connectivity index (χ4v) is 4.98. The van der Waals surface area contributed by atoms with Crippen molar-refractivity contribution in [1.82, 2.24) is 5.32 Å². The first-order valence-electron chi connectivity index (χ1n) is 13.5. The average molecular weight is 592 g/mol. The van der Waals surface area contributed by atoms with Crippen molar-refractivity contribution in [3.05, 3.63) is 0 Å². The first kappa shape index (κ1) is 33.1. The van der Waals surface area contributed by atoms with Crippen LogP contribution < -0.4 is 5.32 Å². The molecule has 3 heterocycles. The first-order chi connectivity index (χ1) is 19.2. The summed E-state index contributed by atoms with van der Waals surface area (Å²) in [7, 11) is 0. The summed E-state index contributed by atoms with van der Waals surface area (Å²) in [6.07, 6.45) is -8.51. The number of esters is 3. The molecule has 15 nitrogen and oxygen atoms in total. The van der Waals surface area contributed by atoms with Crippen LogP contribution in [0.5, 0.6) is 0 Å². The number of nitrogens with one attached hydrogen (secondary N) is 1. The van der Waals surface area contributed by atoms with E-state index in [4.69, 9.17) is 42.6 Å². The Kier molecular flexibility index (Phi) is 11.4. The van der Waals surface area contributed by atoms with Crippen LogP contribution in [0.3, 0.4) is 0 Å². The number of aliphatic hydroxyl groups is 1. The average Bonchev–Trinajstić information content (AvgIpc) is 3.33. The summed E-state index contributed by atoms with van der Waals surface area (Å²) in [5, 5.41) is 13.7. The van der Waals surface area contributed by atoms with Crippen LogP contribution in [0.15, 0.2) is 0 Å². The predicted octanol–water partition coefficient (Wildman–Crippen LogP) is -0.308. The Balaban J connectivity index is 1.81. The molecule has 0 saturated carbocycles. The highest BCUT2D eigenvalue weighted by molar-refractivity contribution is 5.73. The molecule has 41 heavy (non-hydrogen) atoms. The van der Waals surface area contributed by atoms with Crippen molar-refractivity contribution < 1.29 is 66.9 Å². The molecule has 0 aromatic rings. The van der Waals surface area contributed by atoms with E-state index in [0.29, 0.717) is 6.61 Å². The third-order valence-corrected chi connectivity index (χ3v) is 6.42. The highest BCUT2D eigenvalue weighted by Crippen LogP contribution is 2.40. The largest absolute Gasteiger partial charge is 0.463 e. The molecule has 0 unspecified atom stereocenters. The standard InChI is InChI=1S/C26H41NO14/c1-8-9-33-22-19(39-25-23(22)40-26(6,7)41-25)16(32)10-35-24-18(27-12(2)28)21(37-15(5)31)20(36-14(4)30)17(38-24)11-34-13(3)29/h16-25,32H,8-11H2,1-7H3,(H,27,28)/t16-,17-,18-,19-,20-,21-,22+,23-,24-,25-/m1/s1. The molecule has 15 heteroatoms. The summed E-state index contributed by atoms with van der Waals surface area (Å²) in [4.78, 5) is 47.6. The summed E-state index contributed by atoms with van der Waals surface area (Å²) >= 11 is 0. The van der Waals surface area contributed by atoms with E-state index in [9.17, 15) is 24.3 Å². The lowest BCUT2D eigenvalue weighted by Gasteiger charge is -2.45. The number of hydrogen-bond acceptors (Lipinski definition) is 14. The van der Waals surface area contributed by atoms with Crippen LogP contribution in [-0.4, -0.2) is 116 Å². The lowest BCUT2D eigenvalue weighted by atomic mass is 9.96. The molecule has 0 radical (unpaired) electrons. The minimum absolute atomic E-state index is 0.382. The number of aliphatic hydroxyl groups excluding tert-OH is 1. The molecule has 3 rings (SSSR count). The van der Waals surface area contributed by atoms with E-state index in [2.05, 4.69) is 5.32 Å². The van der Waals surface area contributed by atoms with Crippen LogP contribution in [0.1, 0.15) is 54.9 Å². The van der Waals surface area contributed by atoms with E-state index >= 15 is 0 Å². The Bertz CT molecular complexity index is 943. The number of fused-ring (bicyclic) bond motifs is 1. The van der Waals surface area contributed by atoms with Gasteiger partial charge in [-0.05, 0) is 20.3 Å². The lowest BCUT2D eigenvalue weighted by molar-refractivity contribution is -0.286. The molecule has 0 bridgehead atoms. The number of amides is 1. The van der Waals surface area contributed by atoms with E-state index in [-0.39, 0.29) is 13.2 Å². The summed E-state index contributed by atoms with van der Waals surface area (Å²) in [5.74, 6) is -3.51. The second kappa shape index (κ2) is 14.2. The van der Waals surface area contributed by atoms with E-state index in [1.54, 1.807) is 13.8 Å². The van der Waals surface area contributed by atoms with Crippen molar-refractivity contribution in [3.63, 3.8) is 0 Å². The van der Waals surface area contributed by atoms with Crippen LogP contribution in [-0.2, 0) is 61.8 Å². The minimum atomic E-state index is -1.34. The SMILES string of the molecule is CCCO[C@@H]1[C@H]2OC(C)(C)O[C@H]2O[C@@H]1[C@H](O)CO[C@@H]1O[C@H](COC(C)=O)[C@@H](OC(C)=O)[C@H](OC(C)=O)[C@H]1NC(C)=O. The number of rotatable bonds is 12. The van der Waals surface area contributed by atoms with Crippen molar-refractivity contribution in [2.75, 3.05) is 19.8 Å². The topological polar surface area (TPSA) is 184 Å². The van der Waals surface area contributed by atoms with Gasteiger partial charge in [-0.15, -0.1) is 0 Å². The maximum atomic E-state index is 12.1. The molecule has 3 aliphatic heterocycles. The van der Waals surface area contributed by atoms with Crippen LogP contribution in [0.4, 0.5) is 0 Å². The molecule has 0 aromatic heterocycles. The van der Waals surface area contributed by atoms with Crippen LogP contribution >= 0.6 is 0 Å². The van der Waals surface area contributed by atoms with Gasteiger partial charge in [0.2, 0.25) is 5.91 Å². The fraction of sp³-hybridized carbons (Fsp3) is 0.846. The highest BCUT2D eigenvalue weighted by atomic mass is 16.8. The molecule has 3 fully saturated rings. The Hall–Kier alpha value is -2.40. The molecular weight excluding hydrogens is 550 g/mol. The Morgan fingerprint density at radius 2 is 1.56 bits per heavy atom. The van der Waals surface area contributed by atoms with Crippen molar-refractivity contribution in [2.45, 2.75) is 122 Å². The number of hydrogen-bond donors (Lipinski definition) is 2. The quantitative estimate of drug-likeness (QED) is 0.223.